The molecular weight excluding hydrogens is 428 g/mol. The van der Waals surface area contributed by atoms with Crippen molar-refractivity contribution in [3.63, 3.8) is 0 Å². The molecule has 0 fully saturated rings. The monoisotopic (exact) mass is 444 g/mol. The molecule has 1 aromatic carbocycles. The van der Waals surface area contributed by atoms with Crippen LogP contribution < -0.4 is 11.3 Å². The van der Waals surface area contributed by atoms with E-state index in [1.165, 1.54) is 0 Å². The molecule has 4 aliphatic rings. The van der Waals surface area contributed by atoms with Crippen molar-refractivity contribution in [1.82, 2.24) is 0 Å². The van der Waals surface area contributed by atoms with Crippen LogP contribution in [0, 0.1) is 22.7 Å². The SMILES string of the molecule is N#CC(C#N)c1ccc(C(c2c3cccccc-3oc2=O)c2c3cccccc-3oc2=O)cc1. The quantitative estimate of drug-likeness (QED) is 0.381. The van der Waals surface area contributed by atoms with Gasteiger partial charge in [0, 0.05) is 17.0 Å². The minimum absolute atomic E-state index is 0.322. The van der Waals surface area contributed by atoms with E-state index in [0.29, 0.717) is 44.9 Å². The third-order valence-electron chi connectivity index (χ3n) is 5.86. The lowest BCUT2D eigenvalue weighted by Gasteiger charge is -2.16. The molecule has 0 spiro atoms. The van der Waals surface area contributed by atoms with Crippen LogP contribution in [-0.4, -0.2) is 0 Å². The summed E-state index contributed by atoms with van der Waals surface area (Å²) in [6.07, 6.45) is 0. The molecule has 6 nitrogen and oxygen atoms in total. The first-order valence-electron chi connectivity index (χ1n) is 10.5. The van der Waals surface area contributed by atoms with Crippen molar-refractivity contribution in [2.45, 2.75) is 11.8 Å². The molecule has 0 saturated heterocycles. The number of rotatable bonds is 4. The second-order valence-electron chi connectivity index (χ2n) is 7.77. The number of furan rings is 2. The van der Waals surface area contributed by atoms with E-state index in [0.717, 1.165) is 0 Å². The van der Waals surface area contributed by atoms with E-state index < -0.39 is 23.1 Å². The molecule has 34 heavy (non-hydrogen) atoms. The largest absolute Gasteiger partial charge is 0.422 e. The summed E-state index contributed by atoms with van der Waals surface area (Å²) in [4.78, 5) is 26.3. The minimum atomic E-state index is -0.916. The Kier molecular flexibility index (Phi) is 5.26. The lowest BCUT2D eigenvalue weighted by Crippen LogP contribution is -2.17. The fraction of sp³-hybridized carbons (Fsp3) is 0.0714. The topological polar surface area (TPSA) is 108 Å². The van der Waals surface area contributed by atoms with E-state index in [2.05, 4.69) is 0 Å². The Labute approximate surface area is 194 Å². The van der Waals surface area contributed by atoms with Crippen LogP contribution in [-0.2, 0) is 0 Å². The molecule has 0 saturated carbocycles. The number of nitrogens with zero attached hydrogens (tertiary/aromatic N) is 2. The van der Waals surface area contributed by atoms with Gasteiger partial charge >= 0.3 is 11.3 Å². The van der Waals surface area contributed by atoms with Crippen molar-refractivity contribution in [1.29, 1.82) is 10.5 Å². The number of fused-ring (bicyclic) bond motifs is 2. The molecule has 5 rings (SSSR count). The number of nitriles is 2. The molecular formula is C28H16N2O4. The van der Waals surface area contributed by atoms with Crippen LogP contribution >= 0.6 is 0 Å². The first-order chi connectivity index (χ1) is 16.6. The van der Waals surface area contributed by atoms with Gasteiger partial charge in [-0.3, -0.25) is 0 Å². The molecule has 0 atom stereocenters. The number of benzene rings is 1. The highest BCUT2D eigenvalue weighted by atomic mass is 16.4. The van der Waals surface area contributed by atoms with Crippen molar-refractivity contribution in [3.05, 3.63) is 128 Å². The van der Waals surface area contributed by atoms with Crippen LogP contribution in [0.1, 0.15) is 34.1 Å². The van der Waals surface area contributed by atoms with E-state index in [1.54, 1.807) is 72.8 Å². The molecule has 6 heteroatoms. The predicted octanol–water partition coefficient (Wildman–Crippen LogP) is 5.11. The van der Waals surface area contributed by atoms with Gasteiger partial charge in [-0.15, -0.1) is 0 Å². The summed E-state index contributed by atoms with van der Waals surface area (Å²) in [6, 6.07) is 28.5. The van der Waals surface area contributed by atoms with Gasteiger partial charge in [-0.1, -0.05) is 72.8 Å². The van der Waals surface area contributed by atoms with Crippen LogP contribution in [0.3, 0.4) is 0 Å². The van der Waals surface area contributed by atoms with Crippen LogP contribution in [0.2, 0.25) is 0 Å². The van der Waals surface area contributed by atoms with Crippen molar-refractivity contribution in [2.24, 2.45) is 0 Å². The van der Waals surface area contributed by atoms with Crippen LogP contribution in [0.25, 0.3) is 22.6 Å². The van der Waals surface area contributed by atoms with E-state index in [9.17, 15) is 20.1 Å². The van der Waals surface area contributed by atoms with E-state index in [4.69, 9.17) is 8.83 Å². The lowest BCUT2D eigenvalue weighted by molar-refractivity contribution is 0.533. The molecule has 0 N–H and O–H groups in total. The summed E-state index contributed by atoms with van der Waals surface area (Å²) in [5.74, 6) is -0.887. The molecule has 2 aliphatic heterocycles. The third-order valence-corrected chi connectivity index (χ3v) is 5.86. The molecule has 0 aromatic heterocycles. The molecule has 2 heterocycles. The zero-order valence-corrected chi connectivity index (χ0v) is 17.8. The second-order valence-corrected chi connectivity index (χ2v) is 7.77. The highest BCUT2D eigenvalue weighted by Gasteiger charge is 2.33. The Balaban J connectivity index is 1.80. The van der Waals surface area contributed by atoms with Crippen LogP contribution in [0.4, 0.5) is 0 Å². The summed E-state index contributed by atoms with van der Waals surface area (Å²) >= 11 is 0. The highest BCUT2D eigenvalue weighted by molar-refractivity contribution is 5.71. The fourth-order valence-electron chi connectivity index (χ4n) is 4.30. The Morgan fingerprint density at radius 1 is 0.588 bits per heavy atom. The van der Waals surface area contributed by atoms with Gasteiger partial charge in [-0.2, -0.15) is 10.5 Å². The summed E-state index contributed by atoms with van der Waals surface area (Å²) in [6.45, 7) is 0. The zero-order valence-electron chi connectivity index (χ0n) is 17.8. The maximum Gasteiger partial charge on any atom is 0.341 e. The Morgan fingerprint density at radius 3 is 1.50 bits per heavy atom. The average Bonchev–Trinajstić information content (AvgIpc) is 3.09. The summed E-state index contributed by atoms with van der Waals surface area (Å²) in [5, 5.41) is 18.5. The molecule has 0 bridgehead atoms. The molecule has 0 unspecified atom stereocenters. The minimum Gasteiger partial charge on any atom is -0.422 e. The molecule has 162 valence electrons. The van der Waals surface area contributed by atoms with Gasteiger partial charge in [0.15, 0.2) is 5.92 Å². The van der Waals surface area contributed by atoms with Crippen LogP contribution in [0.15, 0.2) is 103 Å². The molecule has 1 aromatic rings. The standard InChI is InChI=1S/C28H16N2O4/c29-15-19(16-30)17-11-13-18(14-12-17)24(25-20-7-3-1-5-9-22(20)33-27(25)31)26-21-8-4-2-6-10-23(21)34-28(26)32/h1-14,19,24H. The second kappa shape index (κ2) is 8.54. The van der Waals surface area contributed by atoms with Gasteiger partial charge in [0.05, 0.1) is 23.3 Å². The number of hydrogen-bond donors (Lipinski definition) is 0. The van der Waals surface area contributed by atoms with Gasteiger partial charge in [0.25, 0.3) is 0 Å². The summed E-state index contributed by atoms with van der Waals surface area (Å²) < 4.78 is 11.1. The van der Waals surface area contributed by atoms with Crippen LogP contribution in [0.5, 0.6) is 0 Å². The molecule has 0 radical (unpaired) electrons. The summed E-state index contributed by atoms with van der Waals surface area (Å²) in [5.41, 5.74) is 1.90. The van der Waals surface area contributed by atoms with Crippen molar-refractivity contribution >= 4 is 0 Å². The van der Waals surface area contributed by atoms with Gasteiger partial charge in [-0.25, -0.2) is 9.59 Å². The first-order valence-corrected chi connectivity index (χ1v) is 10.5. The van der Waals surface area contributed by atoms with Crippen molar-refractivity contribution < 1.29 is 8.83 Å². The Hall–Kier alpha value is -4.94. The number of hydrogen-bond acceptors (Lipinski definition) is 6. The maximum atomic E-state index is 13.1. The van der Waals surface area contributed by atoms with E-state index in [1.807, 2.05) is 24.3 Å². The van der Waals surface area contributed by atoms with Gasteiger partial charge in [-0.05, 0) is 23.3 Å². The molecule has 0 amide bonds. The third kappa shape index (κ3) is 3.44. The first kappa shape index (κ1) is 20.9. The molecule has 2 aliphatic carbocycles. The van der Waals surface area contributed by atoms with Crippen molar-refractivity contribution in [2.75, 3.05) is 0 Å². The average molecular weight is 444 g/mol. The zero-order chi connectivity index (χ0) is 23.7. The smallest absolute Gasteiger partial charge is 0.341 e. The normalized spacial score (nSPS) is 11.1. The Morgan fingerprint density at radius 2 is 1.03 bits per heavy atom. The predicted molar refractivity (Wildman–Crippen MR) is 125 cm³/mol. The van der Waals surface area contributed by atoms with Gasteiger partial charge in [0.2, 0.25) is 0 Å². The van der Waals surface area contributed by atoms with Gasteiger partial charge < -0.3 is 8.83 Å². The Bertz CT molecular complexity index is 1530. The summed E-state index contributed by atoms with van der Waals surface area (Å²) in [7, 11) is 0. The van der Waals surface area contributed by atoms with Crippen molar-refractivity contribution in [3.8, 4) is 34.8 Å². The van der Waals surface area contributed by atoms with E-state index >= 15 is 0 Å². The highest BCUT2D eigenvalue weighted by Crippen LogP contribution is 2.40. The van der Waals surface area contributed by atoms with Gasteiger partial charge in [0.1, 0.15) is 11.5 Å². The maximum absolute atomic E-state index is 13.1. The lowest BCUT2D eigenvalue weighted by atomic mass is 9.82. The van der Waals surface area contributed by atoms with E-state index in [-0.39, 0.29) is 0 Å². The fourth-order valence-corrected chi connectivity index (χ4v) is 4.30.